The van der Waals surface area contributed by atoms with Crippen LogP contribution in [0.2, 0.25) is 0 Å². The highest BCUT2D eigenvalue weighted by Gasteiger charge is 2.30. The molecule has 1 saturated heterocycles. The topological polar surface area (TPSA) is 98.4 Å². The van der Waals surface area contributed by atoms with Crippen molar-refractivity contribution in [3.05, 3.63) is 70.8 Å². The number of likely N-dealkylation sites (tertiary alicyclic amines) is 1. The average Bonchev–Trinajstić information content (AvgIpc) is 2.79. The first-order valence-corrected chi connectivity index (χ1v) is 10.3. The van der Waals surface area contributed by atoms with Gasteiger partial charge >= 0.3 is 6.03 Å². The van der Waals surface area contributed by atoms with Gasteiger partial charge in [0, 0.05) is 25.8 Å². The number of para-hydroxylation sites is 2. The lowest BCUT2D eigenvalue weighted by molar-refractivity contribution is -0.136. The van der Waals surface area contributed by atoms with Gasteiger partial charge in [0.15, 0.2) is 0 Å². The van der Waals surface area contributed by atoms with Crippen LogP contribution in [0.25, 0.3) is 10.9 Å². The van der Waals surface area contributed by atoms with Crippen LogP contribution in [0, 0.1) is 5.92 Å². The highest BCUT2D eigenvalue weighted by Crippen LogP contribution is 2.20. The molecule has 8 heteroatoms. The lowest BCUT2D eigenvalue weighted by Gasteiger charge is -2.33. The van der Waals surface area contributed by atoms with Gasteiger partial charge in [-0.3, -0.25) is 9.59 Å². The quantitative estimate of drug-likeness (QED) is 0.679. The number of hydrogen-bond donors (Lipinski definition) is 2. The first kappa shape index (κ1) is 20.6. The number of carbonyl (C=O) groups excluding carboxylic acids is 2. The number of nitrogens with one attached hydrogen (secondary N) is 2. The Morgan fingerprint density at radius 1 is 1.16 bits per heavy atom. The Morgan fingerprint density at radius 2 is 1.90 bits per heavy atom. The third kappa shape index (κ3) is 4.74. The number of aromatic nitrogens is 2. The fourth-order valence-electron chi connectivity index (χ4n) is 3.91. The van der Waals surface area contributed by atoms with E-state index in [0.29, 0.717) is 29.8 Å². The molecule has 3 amide bonds. The van der Waals surface area contributed by atoms with E-state index in [0.717, 1.165) is 18.5 Å². The zero-order valence-electron chi connectivity index (χ0n) is 17.4. The average molecular weight is 419 g/mol. The summed E-state index contributed by atoms with van der Waals surface area (Å²) in [6, 6.07) is 16.2. The molecule has 2 heterocycles. The van der Waals surface area contributed by atoms with E-state index in [1.165, 1.54) is 0 Å². The van der Waals surface area contributed by atoms with Gasteiger partial charge < -0.3 is 20.1 Å². The van der Waals surface area contributed by atoms with Gasteiger partial charge in [0.25, 0.3) is 5.56 Å². The van der Waals surface area contributed by atoms with Gasteiger partial charge in [-0.05, 0) is 37.1 Å². The molecule has 1 unspecified atom stereocenters. The zero-order chi connectivity index (χ0) is 21.8. The molecule has 8 nitrogen and oxygen atoms in total. The molecule has 0 saturated carbocycles. The maximum absolute atomic E-state index is 13.0. The Bertz CT molecular complexity index is 1140. The summed E-state index contributed by atoms with van der Waals surface area (Å²) in [6.45, 7) is 1.18. The minimum absolute atomic E-state index is 0.0620. The number of anilines is 1. The standard InChI is InChI=1S/C23H25N5O3/c1-27(15-20-25-19-12-6-5-11-18(19)21(29)26-20)22(30)16-8-7-13-28(14-16)23(31)24-17-9-3-2-4-10-17/h2-6,9-12,16H,7-8,13-15H2,1H3,(H,24,31)(H,25,26,29). The van der Waals surface area contributed by atoms with Crippen molar-refractivity contribution in [1.82, 2.24) is 19.8 Å². The van der Waals surface area contributed by atoms with E-state index in [4.69, 9.17) is 0 Å². The highest BCUT2D eigenvalue weighted by molar-refractivity contribution is 5.90. The van der Waals surface area contributed by atoms with Gasteiger partial charge in [0.2, 0.25) is 5.91 Å². The van der Waals surface area contributed by atoms with Crippen LogP contribution in [0.5, 0.6) is 0 Å². The first-order valence-electron chi connectivity index (χ1n) is 10.3. The molecule has 1 fully saturated rings. The van der Waals surface area contributed by atoms with E-state index in [1.807, 2.05) is 36.4 Å². The van der Waals surface area contributed by atoms with Gasteiger partial charge in [-0.25, -0.2) is 9.78 Å². The van der Waals surface area contributed by atoms with Crippen molar-refractivity contribution < 1.29 is 9.59 Å². The Morgan fingerprint density at radius 3 is 2.71 bits per heavy atom. The van der Waals surface area contributed by atoms with E-state index in [1.54, 1.807) is 35.0 Å². The molecule has 0 aliphatic carbocycles. The van der Waals surface area contributed by atoms with Crippen LogP contribution in [0.4, 0.5) is 10.5 Å². The summed E-state index contributed by atoms with van der Waals surface area (Å²) in [7, 11) is 1.69. The molecular formula is C23H25N5O3. The monoisotopic (exact) mass is 419 g/mol. The lowest BCUT2D eigenvalue weighted by atomic mass is 9.97. The SMILES string of the molecule is CN(Cc1nc2ccccc2c(=O)[nH]1)C(=O)C1CCCN(C(=O)Nc2ccccc2)C1. The predicted octanol–water partition coefficient (Wildman–Crippen LogP) is 2.83. The summed E-state index contributed by atoms with van der Waals surface area (Å²) in [5.74, 6) is 0.0921. The largest absolute Gasteiger partial charge is 0.338 e. The first-order chi connectivity index (χ1) is 15.0. The number of carbonyl (C=O) groups is 2. The predicted molar refractivity (Wildman–Crippen MR) is 119 cm³/mol. The molecule has 1 aliphatic heterocycles. The van der Waals surface area contributed by atoms with Crippen molar-refractivity contribution in [2.45, 2.75) is 19.4 Å². The Balaban J connectivity index is 1.40. The Hall–Kier alpha value is -3.68. The van der Waals surface area contributed by atoms with Gasteiger partial charge in [-0.1, -0.05) is 30.3 Å². The van der Waals surface area contributed by atoms with E-state index in [-0.39, 0.29) is 30.0 Å². The smallest absolute Gasteiger partial charge is 0.321 e. The molecular weight excluding hydrogens is 394 g/mol. The molecule has 4 rings (SSSR count). The number of urea groups is 1. The van der Waals surface area contributed by atoms with Crippen molar-refractivity contribution in [3.63, 3.8) is 0 Å². The number of fused-ring (bicyclic) bond motifs is 1. The van der Waals surface area contributed by atoms with E-state index >= 15 is 0 Å². The number of hydrogen-bond acceptors (Lipinski definition) is 4. The van der Waals surface area contributed by atoms with E-state index < -0.39 is 0 Å². The third-order valence-corrected chi connectivity index (χ3v) is 5.51. The van der Waals surface area contributed by atoms with Gasteiger partial charge in [-0.15, -0.1) is 0 Å². The van der Waals surface area contributed by atoms with Crippen molar-refractivity contribution >= 4 is 28.5 Å². The van der Waals surface area contributed by atoms with Gasteiger partial charge in [-0.2, -0.15) is 0 Å². The van der Waals surface area contributed by atoms with Gasteiger partial charge in [0.05, 0.1) is 23.4 Å². The second kappa shape index (κ2) is 8.99. The summed E-state index contributed by atoms with van der Waals surface area (Å²) >= 11 is 0. The number of rotatable bonds is 4. The number of aromatic amines is 1. The summed E-state index contributed by atoms with van der Waals surface area (Å²) in [5.41, 5.74) is 1.11. The second-order valence-corrected chi connectivity index (χ2v) is 7.81. The molecule has 1 atom stereocenters. The Kier molecular flexibility index (Phi) is 5.97. The molecule has 1 aliphatic rings. The number of benzene rings is 2. The van der Waals surface area contributed by atoms with Gasteiger partial charge in [0.1, 0.15) is 5.82 Å². The number of H-pyrrole nitrogens is 1. The second-order valence-electron chi connectivity index (χ2n) is 7.81. The molecule has 31 heavy (non-hydrogen) atoms. The molecule has 0 bridgehead atoms. The normalized spacial score (nSPS) is 16.2. The minimum atomic E-state index is -0.285. The van der Waals surface area contributed by atoms with Crippen LogP contribution in [-0.2, 0) is 11.3 Å². The van der Waals surface area contributed by atoms with Crippen LogP contribution in [0.15, 0.2) is 59.4 Å². The fraction of sp³-hybridized carbons (Fsp3) is 0.304. The van der Waals surface area contributed by atoms with Crippen LogP contribution in [-0.4, -0.2) is 51.8 Å². The molecule has 160 valence electrons. The maximum atomic E-state index is 13.0. The maximum Gasteiger partial charge on any atom is 0.321 e. The summed E-state index contributed by atoms with van der Waals surface area (Å²) in [5, 5.41) is 3.40. The summed E-state index contributed by atoms with van der Waals surface area (Å²) in [4.78, 5) is 48.4. The molecule has 2 aromatic carbocycles. The summed E-state index contributed by atoms with van der Waals surface area (Å²) < 4.78 is 0. The number of piperidine rings is 1. The molecule has 0 radical (unpaired) electrons. The van der Waals surface area contributed by atoms with Crippen LogP contribution in [0.1, 0.15) is 18.7 Å². The van der Waals surface area contributed by atoms with Crippen LogP contribution in [0.3, 0.4) is 0 Å². The molecule has 1 aromatic heterocycles. The van der Waals surface area contributed by atoms with Crippen molar-refractivity contribution in [1.29, 1.82) is 0 Å². The molecule has 2 N–H and O–H groups in total. The van der Waals surface area contributed by atoms with Crippen LogP contribution < -0.4 is 10.9 Å². The minimum Gasteiger partial charge on any atom is -0.338 e. The van der Waals surface area contributed by atoms with E-state index in [9.17, 15) is 14.4 Å². The van der Waals surface area contributed by atoms with Crippen LogP contribution >= 0.6 is 0 Å². The number of amides is 3. The summed E-state index contributed by atoms with van der Waals surface area (Å²) in [6.07, 6.45) is 1.48. The lowest BCUT2D eigenvalue weighted by Crippen LogP contribution is -2.47. The Labute approximate surface area is 179 Å². The zero-order valence-corrected chi connectivity index (χ0v) is 17.4. The number of nitrogens with zero attached hydrogens (tertiary/aromatic N) is 3. The molecule has 3 aromatic rings. The van der Waals surface area contributed by atoms with Crippen molar-refractivity contribution in [3.8, 4) is 0 Å². The third-order valence-electron chi connectivity index (χ3n) is 5.51. The fourth-order valence-corrected chi connectivity index (χ4v) is 3.91. The molecule has 0 spiro atoms. The van der Waals surface area contributed by atoms with Crippen molar-refractivity contribution in [2.24, 2.45) is 5.92 Å². The van der Waals surface area contributed by atoms with E-state index in [2.05, 4.69) is 15.3 Å². The highest BCUT2D eigenvalue weighted by atomic mass is 16.2. The van der Waals surface area contributed by atoms with Crippen molar-refractivity contribution in [2.75, 3.05) is 25.5 Å².